The van der Waals surface area contributed by atoms with Crippen LogP contribution in [0.3, 0.4) is 0 Å². The van der Waals surface area contributed by atoms with E-state index >= 15 is 0 Å². The number of benzene rings is 1. The molecule has 0 unspecified atom stereocenters. The molecule has 0 spiro atoms. The van der Waals surface area contributed by atoms with E-state index in [-0.39, 0.29) is 17.6 Å². The maximum atomic E-state index is 13.1. The number of nitrogens with one attached hydrogen (secondary N) is 1. The summed E-state index contributed by atoms with van der Waals surface area (Å²) in [6, 6.07) is 10.7. The second-order valence-electron chi connectivity index (χ2n) is 9.17. The predicted octanol–water partition coefficient (Wildman–Crippen LogP) is 3.01. The number of carbonyl (C=O) groups excluding carboxylic acids is 1. The van der Waals surface area contributed by atoms with E-state index < -0.39 is 0 Å². The van der Waals surface area contributed by atoms with Crippen LogP contribution in [-0.4, -0.2) is 77.9 Å². The standard InChI is InChI=1S/C25H32FN7OS/c26-21-4-6-22(7-5-21)31-18-16-30(17-19-31)11-3-10-27-23(34)20-8-14-33(15-9-20)25-29-28-24(35-25)32-12-1-2-13-32/h1-2,4-7,12-13,20H,3,8-11,14-19H2,(H,27,34). The minimum absolute atomic E-state index is 0.0716. The van der Waals surface area contributed by atoms with Gasteiger partial charge in [0.05, 0.1) is 0 Å². The normalized spacial score (nSPS) is 17.6. The first-order valence-corrected chi connectivity index (χ1v) is 13.2. The Morgan fingerprint density at radius 3 is 2.34 bits per heavy atom. The zero-order valence-corrected chi connectivity index (χ0v) is 20.7. The van der Waals surface area contributed by atoms with Crippen LogP contribution in [0, 0.1) is 11.7 Å². The Kier molecular flexibility index (Phi) is 7.58. The number of carbonyl (C=O) groups is 1. The summed E-state index contributed by atoms with van der Waals surface area (Å²) in [6.07, 6.45) is 6.57. The maximum Gasteiger partial charge on any atom is 0.223 e. The molecule has 2 aliphatic heterocycles. The maximum absolute atomic E-state index is 13.1. The molecule has 10 heteroatoms. The minimum Gasteiger partial charge on any atom is -0.369 e. The quantitative estimate of drug-likeness (QED) is 0.483. The molecule has 1 N–H and O–H groups in total. The van der Waals surface area contributed by atoms with Gasteiger partial charge in [0.1, 0.15) is 5.82 Å². The zero-order valence-electron chi connectivity index (χ0n) is 19.9. The minimum atomic E-state index is -0.195. The molecule has 186 valence electrons. The van der Waals surface area contributed by atoms with E-state index in [1.807, 2.05) is 41.2 Å². The summed E-state index contributed by atoms with van der Waals surface area (Å²) in [6.45, 7) is 7.22. The smallest absolute Gasteiger partial charge is 0.223 e. The van der Waals surface area contributed by atoms with Gasteiger partial charge in [0.2, 0.25) is 16.2 Å². The number of amides is 1. The van der Waals surface area contributed by atoms with Crippen molar-refractivity contribution in [1.82, 2.24) is 25.0 Å². The average Bonchev–Trinajstić information content (AvgIpc) is 3.60. The van der Waals surface area contributed by atoms with Crippen LogP contribution in [0.4, 0.5) is 15.2 Å². The highest BCUT2D eigenvalue weighted by molar-refractivity contribution is 7.17. The van der Waals surface area contributed by atoms with Crippen molar-refractivity contribution in [1.29, 1.82) is 0 Å². The molecule has 4 heterocycles. The molecule has 2 saturated heterocycles. The first kappa shape index (κ1) is 23.7. The monoisotopic (exact) mass is 497 g/mol. The van der Waals surface area contributed by atoms with Crippen LogP contribution >= 0.6 is 11.3 Å². The highest BCUT2D eigenvalue weighted by atomic mass is 32.1. The van der Waals surface area contributed by atoms with E-state index in [4.69, 9.17) is 0 Å². The fourth-order valence-electron chi connectivity index (χ4n) is 4.78. The molecule has 0 saturated carbocycles. The largest absolute Gasteiger partial charge is 0.369 e. The topological polar surface area (TPSA) is 69.5 Å². The SMILES string of the molecule is O=C(NCCCN1CCN(c2ccc(F)cc2)CC1)C1CCN(c2nnc(-n3cccc3)s2)CC1. The van der Waals surface area contributed by atoms with Crippen LogP contribution in [0.15, 0.2) is 48.8 Å². The van der Waals surface area contributed by atoms with Crippen LogP contribution in [0.25, 0.3) is 5.13 Å². The highest BCUT2D eigenvalue weighted by Crippen LogP contribution is 2.27. The number of piperazine rings is 1. The molecule has 5 rings (SSSR count). The molecule has 0 bridgehead atoms. The first-order valence-electron chi connectivity index (χ1n) is 12.4. The number of rotatable bonds is 8. The molecular weight excluding hydrogens is 465 g/mol. The van der Waals surface area contributed by atoms with Crippen molar-refractivity contribution in [3.05, 3.63) is 54.6 Å². The number of nitrogens with zero attached hydrogens (tertiary/aromatic N) is 6. The molecule has 3 aromatic rings. The Balaban J connectivity index is 0.974. The third-order valence-electron chi connectivity index (χ3n) is 6.88. The third kappa shape index (κ3) is 5.99. The van der Waals surface area contributed by atoms with Gasteiger partial charge in [0.25, 0.3) is 0 Å². The lowest BCUT2D eigenvalue weighted by molar-refractivity contribution is -0.125. The fourth-order valence-corrected chi connectivity index (χ4v) is 5.64. The number of anilines is 2. The van der Waals surface area contributed by atoms with Crippen molar-refractivity contribution in [3.8, 4) is 5.13 Å². The summed E-state index contributed by atoms with van der Waals surface area (Å²) in [7, 11) is 0. The van der Waals surface area contributed by atoms with Gasteiger partial charge in [0, 0.05) is 69.8 Å². The van der Waals surface area contributed by atoms with Gasteiger partial charge in [-0.25, -0.2) is 4.39 Å². The summed E-state index contributed by atoms with van der Waals surface area (Å²) in [4.78, 5) is 19.6. The van der Waals surface area contributed by atoms with Gasteiger partial charge >= 0.3 is 0 Å². The Morgan fingerprint density at radius 2 is 1.63 bits per heavy atom. The van der Waals surface area contributed by atoms with E-state index in [2.05, 4.69) is 30.2 Å². The molecule has 2 fully saturated rings. The number of aromatic nitrogens is 3. The second kappa shape index (κ2) is 11.2. The first-order chi connectivity index (χ1) is 17.2. The van der Waals surface area contributed by atoms with Crippen molar-refractivity contribution in [2.75, 3.05) is 62.2 Å². The van der Waals surface area contributed by atoms with Crippen molar-refractivity contribution in [2.45, 2.75) is 19.3 Å². The summed E-state index contributed by atoms with van der Waals surface area (Å²) in [5.41, 5.74) is 1.08. The average molecular weight is 498 g/mol. The Labute approximate surface area is 209 Å². The van der Waals surface area contributed by atoms with Crippen LogP contribution < -0.4 is 15.1 Å². The number of hydrogen-bond acceptors (Lipinski definition) is 7. The summed E-state index contributed by atoms with van der Waals surface area (Å²) >= 11 is 1.58. The molecule has 8 nitrogen and oxygen atoms in total. The fraction of sp³-hybridized carbons (Fsp3) is 0.480. The summed E-state index contributed by atoms with van der Waals surface area (Å²) in [5.74, 6) is 0.0532. The Hall–Kier alpha value is -2.98. The van der Waals surface area contributed by atoms with E-state index in [1.54, 1.807) is 11.3 Å². The Morgan fingerprint density at radius 1 is 0.943 bits per heavy atom. The van der Waals surface area contributed by atoms with Gasteiger partial charge < -0.3 is 15.1 Å². The molecule has 1 aromatic carbocycles. The van der Waals surface area contributed by atoms with E-state index in [0.29, 0.717) is 6.54 Å². The molecular formula is C25H32FN7OS. The van der Waals surface area contributed by atoms with E-state index in [0.717, 1.165) is 81.0 Å². The number of halogens is 1. The van der Waals surface area contributed by atoms with Gasteiger partial charge in [-0.05, 0) is 62.2 Å². The summed E-state index contributed by atoms with van der Waals surface area (Å²) in [5, 5.41) is 13.6. The lowest BCUT2D eigenvalue weighted by Gasteiger charge is -2.36. The molecule has 0 aliphatic carbocycles. The molecule has 0 atom stereocenters. The highest BCUT2D eigenvalue weighted by Gasteiger charge is 2.26. The van der Waals surface area contributed by atoms with Gasteiger partial charge in [-0.1, -0.05) is 11.3 Å². The molecule has 0 radical (unpaired) electrons. The third-order valence-corrected chi connectivity index (χ3v) is 7.88. The van der Waals surface area contributed by atoms with Gasteiger partial charge in [-0.2, -0.15) is 0 Å². The molecule has 35 heavy (non-hydrogen) atoms. The summed E-state index contributed by atoms with van der Waals surface area (Å²) < 4.78 is 15.1. The van der Waals surface area contributed by atoms with Gasteiger partial charge in [-0.3, -0.25) is 14.3 Å². The van der Waals surface area contributed by atoms with Crippen LogP contribution in [0.1, 0.15) is 19.3 Å². The molecule has 2 aromatic heterocycles. The number of piperidine rings is 1. The van der Waals surface area contributed by atoms with Gasteiger partial charge in [0.15, 0.2) is 0 Å². The van der Waals surface area contributed by atoms with E-state index in [1.165, 1.54) is 12.1 Å². The lowest BCUT2D eigenvalue weighted by atomic mass is 9.96. The Bertz CT molecular complexity index is 1070. The zero-order chi connectivity index (χ0) is 24.0. The van der Waals surface area contributed by atoms with Crippen molar-refractivity contribution in [2.24, 2.45) is 5.92 Å². The lowest BCUT2D eigenvalue weighted by Crippen LogP contribution is -2.47. The molecule has 2 aliphatic rings. The van der Waals surface area contributed by atoms with Crippen LogP contribution in [0.2, 0.25) is 0 Å². The van der Waals surface area contributed by atoms with E-state index in [9.17, 15) is 9.18 Å². The van der Waals surface area contributed by atoms with Gasteiger partial charge in [-0.15, -0.1) is 10.2 Å². The molecule has 1 amide bonds. The van der Waals surface area contributed by atoms with Crippen molar-refractivity contribution in [3.63, 3.8) is 0 Å². The number of hydrogen-bond donors (Lipinski definition) is 1. The van der Waals surface area contributed by atoms with Crippen LogP contribution in [0.5, 0.6) is 0 Å². The van der Waals surface area contributed by atoms with Crippen molar-refractivity contribution < 1.29 is 9.18 Å². The predicted molar refractivity (Wildman–Crippen MR) is 137 cm³/mol. The van der Waals surface area contributed by atoms with Crippen LogP contribution in [-0.2, 0) is 4.79 Å². The van der Waals surface area contributed by atoms with Crippen molar-refractivity contribution >= 4 is 28.1 Å². The second-order valence-corrected chi connectivity index (χ2v) is 10.1.